The first-order valence-corrected chi connectivity index (χ1v) is 9.13. The summed E-state index contributed by atoms with van der Waals surface area (Å²) in [6, 6.07) is 13.7. The number of hydroxylamine groups is 2. The van der Waals surface area contributed by atoms with Gasteiger partial charge in [-0.15, -0.1) is 0 Å². The Bertz CT molecular complexity index is 744. The minimum absolute atomic E-state index is 0.291. The lowest BCUT2D eigenvalue weighted by Gasteiger charge is -2.41. The normalized spacial score (nSPS) is 19.2. The average molecular weight is 356 g/mol. The van der Waals surface area contributed by atoms with Crippen LogP contribution in [0.1, 0.15) is 43.9 Å². The van der Waals surface area contributed by atoms with Crippen LogP contribution >= 0.6 is 0 Å². The fraction of sp³-hybridized carbons (Fsp3) is 0.429. The minimum Gasteiger partial charge on any atom is -0.493 e. The van der Waals surface area contributed by atoms with Gasteiger partial charge in [0.05, 0.1) is 25.8 Å². The molecule has 0 bridgehead atoms. The van der Waals surface area contributed by atoms with Crippen molar-refractivity contribution in [1.29, 1.82) is 0 Å². The predicted octanol–water partition coefficient (Wildman–Crippen LogP) is 4.47. The van der Waals surface area contributed by atoms with E-state index in [0.29, 0.717) is 18.0 Å². The number of nitrogens with zero attached hydrogens (tertiary/aromatic N) is 1. The standard InChI is InChI=1S/C21H28N2O3/c1-5-21(6-2)14-22-17-13-19(26-4)18(25-3)12-16(17)20(23(21)24)15-10-8-7-9-11-15/h7-13,20,22,24H,5-6,14H2,1-4H3. The Hall–Kier alpha value is -2.24. The van der Waals surface area contributed by atoms with Gasteiger partial charge < -0.3 is 20.0 Å². The van der Waals surface area contributed by atoms with Crippen LogP contribution in [-0.2, 0) is 0 Å². The van der Waals surface area contributed by atoms with Gasteiger partial charge in [-0.1, -0.05) is 44.2 Å². The van der Waals surface area contributed by atoms with Crippen LogP contribution in [-0.4, -0.2) is 36.6 Å². The number of benzene rings is 2. The monoisotopic (exact) mass is 356 g/mol. The SMILES string of the molecule is CCC1(CC)CNc2cc(OC)c(OC)cc2C(c2ccccc2)N1O. The maximum atomic E-state index is 11.4. The Labute approximate surface area is 155 Å². The third kappa shape index (κ3) is 3.02. The first-order chi connectivity index (χ1) is 12.6. The maximum Gasteiger partial charge on any atom is 0.162 e. The van der Waals surface area contributed by atoms with Gasteiger partial charge in [0.25, 0.3) is 0 Å². The van der Waals surface area contributed by atoms with E-state index in [1.807, 2.05) is 30.3 Å². The van der Waals surface area contributed by atoms with E-state index in [2.05, 4.69) is 31.3 Å². The summed E-state index contributed by atoms with van der Waals surface area (Å²) in [5, 5.41) is 16.4. The van der Waals surface area contributed by atoms with Crippen LogP contribution in [0.15, 0.2) is 42.5 Å². The second-order valence-corrected chi connectivity index (χ2v) is 6.74. The fourth-order valence-corrected chi connectivity index (χ4v) is 3.80. The fourth-order valence-electron chi connectivity index (χ4n) is 3.80. The van der Waals surface area contributed by atoms with E-state index in [4.69, 9.17) is 9.47 Å². The number of hydrogen-bond acceptors (Lipinski definition) is 5. The largest absolute Gasteiger partial charge is 0.493 e. The molecule has 0 spiro atoms. The summed E-state index contributed by atoms with van der Waals surface area (Å²) in [5.41, 5.74) is 2.61. The summed E-state index contributed by atoms with van der Waals surface area (Å²) >= 11 is 0. The average Bonchev–Trinajstić information content (AvgIpc) is 2.81. The Morgan fingerprint density at radius 1 is 1.08 bits per heavy atom. The zero-order chi connectivity index (χ0) is 18.7. The van der Waals surface area contributed by atoms with Crippen molar-refractivity contribution in [2.24, 2.45) is 0 Å². The van der Waals surface area contributed by atoms with E-state index in [-0.39, 0.29) is 11.6 Å². The van der Waals surface area contributed by atoms with Crippen molar-refractivity contribution >= 4 is 5.69 Å². The number of fused-ring (bicyclic) bond motifs is 1. The lowest BCUT2D eigenvalue weighted by atomic mass is 9.89. The Kier molecular flexibility index (Phi) is 5.39. The molecule has 2 aromatic rings. The smallest absolute Gasteiger partial charge is 0.162 e. The van der Waals surface area contributed by atoms with E-state index in [0.717, 1.165) is 29.7 Å². The molecule has 3 rings (SSSR count). The number of nitrogens with one attached hydrogen (secondary N) is 1. The quantitative estimate of drug-likeness (QED) is 0.828. The number of rotatable bonds is 5. The second-order valence-electron chi connectivity index (χ2n) is 6.74. The van der Waals surface area contributed by atoms with Gasteiger partial charge in [0.15, 0.2) is 11.5 Å². The molecule has 0 saturated heterocycles. The maximum absolute atomic E-state index is 11.4. The van der Waals surface area contributed by atoms with Gasteiger partial charge in [0.2, 0.25) is 0 Å². The van der Waals surface area contributed by atoms with E-state index >= 15 is 0 Å². The van der Waals surface area contributed by atoms with Gasteiger partial charge in [0, 0.05) is 23.9 Å². The first-order valence-electron chi connectivity index (χ1n) is 9.13. The van der Waals surface area contributed by atoms with Crippen molar-refractivity contribution in [2.45, 2.75) is 38.3 Å². The molecule has 0 aliphatic carbocycles. The van der Waals surface area contributed by atoms with Crippen molar-refractivity contribution < 1.29 is 14.7 Å². The molecule has 0 aromatic heterocycles. The topological polar surface area (TPSA) is 54.0 Å². The van der Waals surface area contributed by atoms with E-state index < -0.39 is 0 Å². The molecule has 2 N–H and O–H groups in total. The van der Waals surface area contributed by atoms with Crippen LogP contribution in [0.3, 0.4) is 0 Å². The highest BCUT2D eigenvalue weighted by molar-refractivity contribution is 5.64. The number of hydrogen-bond donors (Lipinski definition) is 2. The lowest BCUT2D eigenvalue weighted by molar-refractivity contribution is -0.193. The van der Waals surface area contributed by atoms with Gasteiger partial charge in [-0.05, 0) is 24.5 Å². The molecule has 1 aliphatic rings. The highest BCUT2D eigenvalue weighted by Gasteiger charge is 2.42. The van der Waals surface area contributed by atoms with Gasteiger partial charge in [-0.3, -0.25) is 0 Å². The molecule has 0 amide bonds. The number of ether oxygens (including phenoxy) is 2. The molecule has 1 atom stereocenters. The number of anilines is 1. The van der Waals surface area contributed by atoms with Crippen LogP contribution in [0.5, 0.6) is 11.5 Å². The Balaban J connectivity index is 2.23. The van der Waals surface area contributed by atoms with Gasteiger partial charge in [-0.25, -0.2) is 0 Å². The molecule has 26 heavy (non-hydrogen) atoms. The van der Waals surface area contributed by atoms with Crippen LogP contribution in [0.2, 0.25) is 0 Å². The predicted molar refractivity (Wildman–Crippen MR) is 103 cm³/mol. The van der Waals surface area contributed by atoms with Crippen LogP contribution in [0.25, 0.3) is 0 Å². The molecule has 5 heteroatoms. The second kappa shape index (κ2) is 7.56. The molecule has 1 unspecified atom stereocenters. The van der Waals surface area contributed by atoms with Crippen molar-refractivity contribution in [1.82, 2.24) is 5.06 Å². The molecule has 0 fully saturated rings. The number of methoxy groups -OCH3 is 2. The molecule has 2 aromatic carbocycles. The Morgan fingerprint density at radius 3 is 2.27 bits per heavy atom. The van der Waals surface area contributed by atoms with E-state index in [9.17, 15) is 5.21 Å². The molecule has 1 aliphatic heterocycles. The summed E-state index contributed by atoms with van der Waals surface area (Å²) in [6.07, 6.45) is 1.66. The lowest BCUT2D eigenvalue weighted by Crippen LogP contribution is -2.51. The summed E-state index contributed by atoms with van der Waals surface area (Å²) in [5.74, 6) is 1.33. The van der Waals surface area contributed by atoms with Crippen molar-refractivity contribution in [3.05, 3.63) is 53.6 Å². The van der Waals surface area contributed by atoms with Crippen LogP contribution < -0.4 is 14.8 Å². The molecule has 1 heterocycles. The van der Waals surface area contributed by atoms with E-state index in [1.165, 1.54) is 5.06 Å². The van der Waals surface area contributed by atoms with E-state index in [1.54, 1.807) is 14.2 Å². The zero-order valence-electron chi connectivity index (χ0n) is 16.0. The summed E-state index contributed by atoms with van der Waals surface area (Å²) in [6.45, 7) is 4.89. The summed E-state index contributed by atoms with van der Waals surface area (Å²) in [7, 11) is 3.27. The highest BCUT2D eigenvalue weighted by Crippen LogP contribution is 2.45. The van der Waals surface area contributed by atoms with Crippen molar-refractivity contribution in [2.75, 3.05) is 26.1 Å². The van der Waals surface area contributed by atoms with Crippen molar-refractivity contribution in [3.63, 3.8) is 0 Å². The molecule has 5 nitrogen and oxygen atoms in total. The van der Waals surface area contributed by atoms with Crippen LogP contribution in [0.4, 0.5) is 5.69 Å². The summed E-state index contributed by atoms with van der Waals surface area (Å²) < 4.78 is 11.0. The van der Waals surface area contributed by atoms with Crippen molar-refractivity contribution in [3.8, 4) is 11.5 Å². The Morgan fingerprint density at radius 2 is 1.69 bits per heavy atom. The first kappa shape index (κ1) is 18.5. The third-order valence-electron chi connectivity index (χ3n) is 5.62. The van der Waals surface area contributed by atoms with Crippen LogP contribution in [0, 0.1) is 0 Å². The van der Waals surface area contributed by atoms with Gasteiger partial charge >= 0.3 is 0 Å². The molecule has 0 radical (unpaired) electrons. The highest BCUT2D eigenvalue weighted by atomic mass is 16.5. The molecule has 0 saturated carbocycles. The molecule has 140 valence electrons. The minimum atomic E-state index is -0.361. The molecular weight excluding hydrogens is 328 g/mol. The zero-order valence-corrected chi connectivity index (χ0v) is 16.0. The van der Waals surface area contributed by atoms with Gasteiger partial charge in [-0.2, -0.15) is 5.06 Å². The molecular formula is C21H28N2O3. The third-order valence-corrected chi connectivity index (χ3v) is 5.62. The van der Waals surface area contributed by atoms with Gasteiger partial charge in [0.1, 0.15) is 0 Å². The summed E-state index contributed by atoms with van der Waals surface area (Å²) in [4.78, 5) is 0.